The molecule has 0 saturated heterocycles. The summed E-state index contributed by atoms with van der Waals surface area (Å²) in [4.78, 5) is 0. The zero-order valence-electron chi connectivity index (χ0n) is 11.3. The lowest BCUT2D eigenvalue weighted by atomic mass is 9.77. The van der Waals surface area contributed by atoms with Crippen LogP contribution in [0.1, 0.15) is 59.3 Å². The van der Waals surface area contributed by atoms with Crippen LogP contribution in [0.15, 0.2) is 0 Å². The minimum absolute atomic E-state index is 0.00903. The Morgan fingerprint density at radius 2 is 1.94 bits per heavy atom. The molecule has 2 N–H and O–H groups in total. The van der Waals surface area contributed by atoms with Gasteiger partial charge in [0.1, 0.15) is 0 Å². The highest BCUT2D eigenvalue weighted by Crippen LogP contribution is 2.36. The van der Waals surface area contributed by atoms with E-state index in [2.05, 4.69) is 20.8 Å². The maximum Gasteiger partial charge on any atom is 0.0804 e. The largest absolute Gasteiger partial charge is 0.373 e. The normalized spacial score (nSPS) is 32.6. The molecule has 0 spiro atoms. The van der Waals surface area contributed by atoms with Gasteiger partial charge < -0.3 is 10.5 Å². The maximum atomic E-state index is 6.14. The number of nitrogens with two attached hydrogens (primary N) is 1. The van der Waals surface area contributed by atoms with Crippen LogP contribution in [-0.4, -0.2) is 18.8 Å². The Balaban J connectivity index is 2.40. The van der Waals surface area contributed by atoms with Crippen molar-refractivity contribution in [1.29, 1.82) is 0 Å². The van der Waals surface area contributed by atoms with Gasteiger partial charge in [-0.1, -0.05) is 33.6 Å². The first-order valence-corrected chi connectivity index (χ1v) is 6.99. The van der Waals surface area contributed by atoms with Crippen molar-refractivity contribution in [2.75, 3.05) is 13.2 Å². The van der Waals surface area contributed by atoms with Gasteiger partial charge in [-0.05, 0) is 37.5 Å². The Morgan fingerprint density at radius 1 is 1.31 bits per heavy atom. The van der Waals surface area contributed by atoms with Gasteiger partial charge in [0.15, 0.2) is 0 Å². The molecule has 2 nitrogen and oxygen atoms in total. The Bertz CT molecular complexity index is 185. The summed E-state index contributed by atoms with van der Waals surface area (Å²) < 4.78 is 6.14. The molecular weight excluding hydrogens is 198 g/mol. The van der Waals surface area contributed by atoms with E-state index < -0.39 is 0 Å². The van der Waals surface area contributed by atoms with E-state index in [9.17, 15) is 0 Å². The van der Waals surface area contributed by atoms with Crippen LogP contribution in [-0.2, 0) is 4.74 Å². The van der Waals surface area contributed by atoms with Gasteiger partial charge in [0.2, 0.25) is 0 Å². The predicted octanol–water partition coefficient (Wildman–Crippen LogP) is 3.35. The highest BCUT2D eigenvalue weighted by atomic mass is 16.5. The maximum absolute atomic E-state index is 6.14. The van der Waals surface area contributed by atoms with E-state index in [0.717, 1.165) is 12.5 Å². The van der Waals surface area contributed by atoms with Crippen molar-refractivity contribution < 1.29 is 4.74 Å². The average molecular weight is 227 g/mol. The summed E-state index contributed by atoms with van der Waals surface area (Å²) in [5.41, 5.74) is 5.94. The van der Waals surface area contributed by atoms with E-state index in [1.54, 1.807) is 0 Å². The van der Waals surface area contributed by atoms with Crippen LogP contribution in [0.25, 0.3) is 0 Å². The molecule has 1 saturated carbocycles. The Kier molecular flexibility index (Phi) is 5.77. The summed E-state index contributed by atoms with van der Waals surface area (Å²) in [5.74, 6) is 1.57. The van der Waals surface area contributed by atoms with Crippen molar-refractivity contribution in [3.05, 3.63) is 0 Å². The standard InChI is InChI=1S/C14H29NO/c1-4-12(3)10-16-14(11-15)8-6-13(5-2)7-9-14/h12-13H,4-11,15H2,1-3H3. The van der Waals surface area contributed by atoms with E-state index >= 15 is 0 Å². The minimum atomic E-state index is 0.00903. The molecule has 1 atom stereocenters. The van der Waals surface area contributed by atoms with Crippen molar-refractivity contribution >= 4 is 0 Å². The van der Waals surface area contributed by atoms with Gasteiger partial charge in [0.05, 0.1) is 5.60 Å². The number of rotatable bonds is 6. The van der Waals surface area contributed by atoms with Crippen molar-refractivity contribution in [3.63, 3.8) is 0 Å². The third kappa shape index (κ3) is 3.74. The molecule has 0 bridgehead atoms. The molecule has 0 aromatic carbocycles. The summed E-state index contributed by atoms with van der Waals surface area (Å²) in [6.45, 7) is 8.34. The molecule has 0 radical (unpaired) electrons. The van der Waals surface area contributed by atoms with E-state index in [1.807, 2.05) is 0 Å². The second kappa shape index (κ2) is 6.61. The third-order valence-electron chi connectivity index (χ3n) is 4.34. The fraction of sp³-hybridized carbons (Fsp3) is 1.00. The first kappa shape index (κ1) is 14.0. The summed E-state index contributed by atoms with van der Waals surface area (Å²) in [7, 11) is 0. The monoisotopic (exact) mass is 227 g/mol. The summed E-state index contributed by atoms with van der Waals surface area (Å²) in [5, 5.41) is 0. The van der Waals surface area contributed by atoms with Crippen LogP contribution in [0.3, 0.4) is 0 Å². The molecule has 2 heteroatoms. The van der Waals surface area contributed by atoms with Gasteiger partial charge in [0, 0.05) is 13.2 Å². The third-order valence-corrected chi connectivity index (χ3v) is 4.34. The lowest BCUT2D eigenvalue weighted by Gasteiger charge is -2.39. The van der Waals surface area contributed by atoms with Crippen LogP contribution in [0.5, 0.6) is 0 Å². The quantitative estimate of drug-likeness (QED) is 0.755. The molecule has 1 aliphatic carbocycles. The topological polar surface area (TPSA) is 35.2 Å². The lowest BCUT2D eigenvalue weighted by molar-refractivity contribution is -0.0827. The van der Waals surface area contributed by atoms with Crippen molar-refractivity contribution in [2.24, 2.45) is 17.6 Å². The van der Waals surface area contributed by atoms with E-state index in [-0.39, 0.29) is 5.60 Å². The van der Waals surface area contributed by atoms with E-state index in [0.29, 0.717) is 12.5 Å². The fourth-order valence-electron chi connectivity index (χ4n) is 2.46. The van der Waals surface area contributed by atoms with Crippen molar-refractivity contribution in [2.45, 2.75) is 64.9 Å². The first-order chi connectivity index (χ1) is 7.65. The number of ether oxygens (including phenoxy) is 1. The Labute approximate surface area is 101 Å². The molecule has 96 valence electrons. The Hall–Kier alpha value is -0.0800. The number of hydrogen-bond donors (Lipinski definition) is 1. The van der Waals surface area contributed by atoms with Crippen LogP contribution >= 0.6 is 0 Å². The second-order valence-corrected chi connectivity index (χ2v) is 5.56. The van der Waals surface area contributed by atoms with Gasteiger partial charge >= 0.3 is 0 Å². The van der Waals surface area contributed by atoms with Crippen LogP contribution in [0, 0.1) is 11.8 Å². The lowest BCUT2D eigenvalue weighted by Crippen LogP contribution is -2.44. The van der Waals surface area contributed by atoms with Gasteiger partial charge in [-0.15, -0.1) is 0 Å². The van der Waals surface area contributed by atoms with Crippen LogP contribution < -0.4 is 5.73 Å². The molecule has 0 heterocycles. The van der Waals surface area contributed by atoms with Gasteiger partial charge in [0.25, 0.3) is 0 Å². The molecule has 16 heavy (non-hydrogen) atoms. The smallest absolute Gasteiger partial charge is 0.0804 e. The van der Waals surface area contributed by atoms with Gasteiger partial charge in [-0.3, -0.25) is 0 Å². The molecule has 0 aromatic rings. The zero-order valence-corrected chi connectivity index (χ0v) is 11.3. The van der Waals surface area contributed by atoms with Crippen molar-refractivity contribution in [3.8, 4) is 0 Å². The highest BCUT2D eigenvalue weighted by Gasteiger charge is 2.34. The van der Waals surface area contributed by atoms with Crippen molar-refractivity contribution in [1.82, 2.24) is 0 Å². The Morgan fingerprint density at radius 3 is 2.38 bits per heavy atom. The first-order valence-electron chi connectivity index (χ1n) is 6.99. The molecule has 0 amide bonds. The van der Waals surface area contributed by atoms with Gasteiger partial charge in [-0.2, -0.15) is 0 Å². The average Bonchev–Trinajstić information content (AvgIpc) is 2.36. The summed E-state index contributed by atoms with van der Waals surface area (Å²) >= 11 is 0. The molecule has 1 unspecified atom stereocenters. The number of hydrogen-bond acceptors (Lipinski definition) is 2. The zero-order chi connectivity index (χ0) is 12.0. The molecule has 1 aliphatic rings. The van der Waals surface area contributed by atoms with Crippen LogP contribution in [0.2, 0.25) is 0 Å². The minimum Gasteiger partial charge on any atom is -0.373 e. The van der Waals surface area contributed by atoms with Crippen LogP contribution in [0.4, 0.5) is 0 Å². The highest BCUT2D eigenvalue weighted by molar-refractivity contribution is 4.88. The van der Waals surface area contributed by atoms with Gasteiger partial charge in [-0.25, -0.2) is 0 Å². The SMILES string of the molecule is CCC(C)COC1(CN)CCC(CC)CC1. The summed E-state index contributed by atoms with van der Waals surface area (Å²) in [6, 6.07) is 0. The van der Waals surface area contributed by atoms with E-state index in [1.165, 1.54) is 38.5 Å². The molecule has 0 aliphatic heterocycles. The molecule has 1 fully saturated rings. The second-order valence-electron chi connectivity index (χ2n) is 5.56. The molecule has 1 rings (SSSR count). The summed E-state index contributed by atoms with van der Waals surface area (Å²) in [6.07, 6.45) is 7.43. The molecular formula is C14H29NO. The molecule has 0 aromatic heterocycles. The predicted molar refractivity (Wildman–Crippen MR) is 69.4 cm³/mol. The fourth-order valence-corrected chi connectivity index (χ4v) is 2.46. The van der Waals surface area contributed by atoms with E-state index in [4.69, 9.17) is 10.5 Å².